The molecule has 0 aliphatic carbocycles. The number of aryl methyl sites for hydroxylation is 1. The van der Waals surface area contributed by atoms with Crippen molar-refractivity contribution in [3.63, 3.8) is 0 Å². The van der Waals surface area contributed by atoms with Crippen molar-refractivity contribution < 1.29 is 4.79 Å². The van der Waals surface area contributed by atoms with Gasteiger partial charge in [-0.2, -0.15) is 5.10 Å². The molecular weight excluding hydrogens is 360 g/mol. The molecule has 8 heteroatoms. The van der Waals surface area contributed by atoms with Gasteiger partial charge in [-0.1, -0.05) is 0 Å². The van der Waals surface area contributed by atoms with Crippen LogP contribution in [0.15, 0.2) is 29.4 Å². The third-order valence-corrected chi connectivity index (χ3v) is 6.44. The average Bonchev–Trinajstić information content (AvgIpc) is 3.28. The summed E-state index contributed by atoms with van der Waals surface area (Å²) >= 11 is 1.64. The van der Waals surface area contributed by atoms with E-state index >= 15 is 0 Å². The third-order valence-electron chi connectivity index (χ3n) is 5.81. The number of amides is 1. The van der Waals surface area contributed by atoms with Crippen LogP contribution < -0.4 is 0 Å². The van der Waals surface area contributed by atoms with E-state index in [0.29, 0.717) is 11.5 Å². The zero-order valence-electron chi connectivity index (χ0n) is 15.3. The van der Waals surface area contributed by atoms with E-state index in [4.69, 9.17) is 0 Å². The molecule has 0 aromatic carbocycles. The number of nitrogens with zero attached hydrogens (tertiary/aromatic N) is 6. The van der Waals surface area contributed by atoms with E-state index in [1.807, 2.05) is 18.5 Å². The third kappa shape index (κ3) is 3.02. The summed E-state index contributed by atoms with van der Waals surface area (Å²) in [6.07, 6.45) is 5.69. The first-order valence-electron chi connectivity index (χ1n) is 9.39. The van der Waals surface area contributed by atoms with Crippen molar-refractivity contribution in [2.75, 3.05) is 19.6 Å². The largest absolute Gasteiger partial charge is 0.334 e. The Morgan fingerprint density at radius 1 is 1.26 bits per heavy atom. The Labute approximate surface area is 161 Å². The summed E-state index contributed by atoms with van der Waals surface area (Å²) in [4.78, 5) is 26.7. The summed E-state index contributed by atoms with van der Waals surface area (Å²) < 4.78 is 1.75. The molecule has 1 amide bonds. The lowest BCUT2D eigenvalue weighted by Crippen LogP contribution is -2.47. The number of carbonyl (C=O) groups excluding carboxylic acids is 1. The number of fused-ring (bicyclic) bond motifs is 5. The summed E-state index contributed by atoms with van der Waals surface area (Å²) in [5, 5.41) is 6.41. The molecule has 3 aliphatic heterocycles. The Kier molecular flexibility index (Phi) is 4.17. The Balaban J connectivity index is 1.40. The zero-order chi connectivity index (χ0) is 18.4. The topological polar surface area (TPSA) is 66.6 Å². The van der Waals surface area contributed by atoms with Crippen molar-refractivity contribution in [3.05, 3.63) is 46.3 Å². The minimum atomic E-state index is 0.0857. The van der Waals surface area contributed by atoms with Crippen LogP contribution in [0.5, 0.6) is 0 Å². The number of hydrogen-bond donors (Lipinski definition) is 0. The lowest BCUT2D eigenvalue weighted by atomic mass is 9.94. The molecule has 0 radical (unpaired) electrons. The molecule has 3 fully saturated rings. The SMILES string of the molecule is Cc1c(C(=O)N2C[C@H]3CC[C@@H]2CN(Cc2cscn2)C3)cnc2ccnn12. The summed E-state index contributed by atoms with van der Waals surface area (Å²) in [5.74, 6) is 0.607. The maximum atomic E-state index is 13.4. The van der Waals surface area contributed by atoms with Crippen molar-refractivity contribution in [1.29, 1.82) is 0 Å². The van der Waals surface area contributed by atoms with Gasteiger partial charge in [-0.15, -0.1) is 11.3 Å². The molecule has 6 rings (SSSR count). The van der Waals surface area contributed by atoms with E-state index in [9.17, 15) is 4.79 Å². The molecular formula is C19H22N6OS. The highest BCUT2D eigenvalue weighted by Crippen LogP contribution is 2.30. The van der Waals surface area contributed by atoms with Crippen molar-refractivity contribution in [2.45, 2.75) is 32.4 Å². The van der Waals surface area contributed by atoms with Gasteiger partial charge >= 0.3 is 0 Å². The summed E-state index contributed by atoms with van der Waals surface area (Å²) in [5.41, 5.74) is 5.30. The van der Waals surface area contributed by atoms with E-state index in [2.05, 4.69) is 30.2 Å². The van der Waals surface area contributed by atoms with Gasteiger partial charge in [0, 0.05) is 49.9 Å². The van der Waals surface area contributed by atoms with Crippen LogP contribution in [0.3, 0.4) is 0 Å². The molecule has 27 heavy (non-hydrogen) atoms. The lowest BCUT2D eigenvalue weighted by Gasteiger charge is -2.36. The van der Waals surface area contributed by atoms with E-state index in [1.54, 1.807) is 28.2 Å². The maximum absolute atomic E-state index is 13.4. The van der Waals surface area contributed by atoms with Crippen LogP contribution >= 0.6 is 11.3 Å². The lowest BCUT2D eigenvalue weighted by molar-refractivity contribution is 0.0583. The first-order valence-corrected chi connectivity index (χ1v) is 10.3. The van der Waals surface area contributed by atoms with Crippen LogP contribution in [-0.4, -0.2) is 61.0 Å². The van der Waals surface area contributed by atoms with Gasteiger partial charge in [0.2, 0.25) is 0 Å². The van der Waals surface area contributed by atoms with E-state index in [1.165, 1.54) is 6.42 Å². The van der Waals surface area contributed by atoms with E-state index in [0.717, 1.165) is 49.6 Å². The van der Waals surface area contributed by atoms with Gasteiger partial charge in [0.25, 0.3) is 5.91 Å². The van der Waals surface area contributed by atoms with Gasteiger partial charge in [0.15, 0.2) is 5.65 Å². The number of carbonyl (C=O) groups is 1. The Morgan fingerprint density at radius 2 is 2.19 bits per heavy atom. The number of piperidine rings is 1. The van der Waals surface area contributed by atoms with Crippen LogP contribution in [-0.2, 0) is 6.54 Å². The normalized spacial score (nSPS) is 23.1. The number of aromatic nitrogens is 4. The zero-order valence-corrected chi connectivity index (χ0v) is 16.1. The Bertz CT molecular complexity index is 968. The van der Waals surface area contributed by atoms with Gasteiger partial charge < -0.3 is 4.90 Å². The summed E-state index contributed by atoms with van der Waals surface area (Å²) in [6.45, 7) is 5.59. The second kappa shape index (κ2) is 6.69. The highest BCUT2D eigenvalue weighted by molar-refractivity contribution is 7.07. The van der Waals surface area contributed by atoms with Gasteiger partial charge in [0.1, 0.15) is 0 Å². The second-order valence-corrected chi connectivity index (χ2v) is 8.31. The molecule has 0 unspecified atom stereocenters. The van der Waals surface area contributed by atoms with E-state index < -0.39 is 0 Å². The van der Waals surface area contributed by atoms with Crippen LogP contribution in [0, 0.1) is 12.8 Å². The van der Waals surface area contributed by atoms with Crippen LogP contribution in [0.2, 0.25) is 0 Å². The first-order chi connectivity index (χ1) is 13.2. The molecule has 7 nitrogen and oxygen atoms in total. The molecule has 3 saturated heterocycles. The van der Waals surface area contributed by atoms with Crippen molar-refractivity contribution >= 4 is 22.9 Å². The fourth-order valence-electron chi connectivity index (χ4n) is 4.46. The molecule has 0 N–H and O–H groups in total. The average molecular weight is 382 g/mol. The van der Waals surface area contributed by atoms with Crippen molar-refractivity contribution in [2.24, 2.45) is 5.92 Å². The monoisotopic (exact) mass is 382 g/mol. The smallest absolute Gasteiger partial charge is 0.257 e. The van der Waals surface area contributed by atoms with Gasteiger partial charge in [-0.3, -0.25) is 9.69 Å². The number of rotatable bonds is 3. The number of thiazole rings is 1. The number of hydrogen-bond acceptors (Lipinski definition) is 6. The highest BCUT2D eigenvalue weighted by atomic mass is 32.1. The fourth-order valence-corrected chi connectivity index (χ4v) is 5.01. The van der Waals surface area contributed by atoms with Gasteiger partial charge in [-0.25, -0.2) is 14.5 Å². The fraction of sp³-hybridized carbons (Fsp3) is 0.474. The maximum Gasteiger partial charge on any atom is 0.257 e. The predicted octanol–water partition coefficient (Wildman–Crippen LogP) is 2.23. The second-order valence-electron chi connectivity index (χ2n) is 7.59. The van der Waals surface area contributed by atoms with Crippen molar-refractivity contribution in [3.8, 4) is 0 Å². The summed E-state index contributed by atoms with van der Waals surface area (Å²) in [6, 6.07) is 2.11. The molecule has 3 aromatic heterocycles. The minimum absolute atomic E-state index is 0.0857. The summed E-state index contributed by atoms with van der Waals surface area (Å²) in [7, 11) is 0. The standard InChI is InChI=1S/C19H22N6OS/c1-13-17(6-20-18-4-5-22-25(13)18)19(26)24-8-14-2-3-16(24)10-23(7-14)9-15-11-27-12-21-15/h4-6,11-12,14,16H,2-3,7-10H2,1H3/t14-,16+/m0/s1. The van der Waals surface area contributed by atoms with Gasteiger partial charge in [-0.05, 0) is 25.7 Å². The molecule has 2 bridgehead atoms. The Morgan fingerprint density at radius 3 is 3.04 bits per heavy atom. The van der Waals surface area contributed by atoms with Crippen LogP contribution in [0.4, 0.5) is 0 Å². The quantitative estimate of drug-likeness (QED) is 0.695. The molecule has 140 valence electrons. The molecule has 0 spiro atoms. The predicted molar refractivity (Wildman–Crippen MR) is 103 cm³/mol. The Hall–Kier alpha value is -2.32. The van der Waals surface area contributed by atoms with Crippen LogP contribution in [0.1, 0.15) is 34.6 Å². The first kappa shape index (κ1) is 16.8. The van der Waals surface area contributed by atoms with Gasteiger partial charge in [0.05, 0.1) is 28.7 Å². The van der Waals surface area contributed by atoms with E-state index in [-0.39, 0.29) is 11.9 Å². The molecule has 6 heterocycles. The van der Waals surface area contributed by atoms with Crippen LogP contribution in [0.25, 0.3) is 5.65 Å². The highest BCUT2D eigenvalue weighted by Gasteiger charge is 2.38. The molecule has 2 atom stereocenters. The molecule has 3 aromatic rings. The molecule has 0 saturated carbocycles. The molecule has 3 aliphatic rings. The van der Waals surface area contributed by atoms with Crippen molar-refractivity contribution in [1.82, 2.24) is 29.4 Å². The minimum Gasteiger partial charge on any atom is -0.334 e.